The van der Waals surface area contributed by atoms with Crippen molar-refractivity contribution in [3.63, 3.8) is 0 Å². The molecule has 2 unspecified atom stereocenters. The Morgan fingerprint density at radius 3 is 2.60 bits per heavy atom. The van der Waals surface area contributed by atoms with E-state index < -0.39 is 0 Å². The summed E-state index contributed by atoms with van der Waals surface area (Å²) in [6, 6.07) is 7.15. The molecule has 0 radical (unpaired) electrons. The van der Waals surface area contributed by atoms with Crippen LogP contribution in [0, 0.1) is 17.2 Å². The summed E-state index contributed by atoms with van der Waals surface area (Å²) in [6.45, 7) is 10.1. The SMILES string of the molecule is CNC(CN1CCC(C(C)(C)C)C1)c1ccccc1F. The highest BCUT2D eigenvalue weighted by Crippen LogP contribution is 2.34. The maximum atomic E-state index is 13.9. The summed E-state index contributed by atoms with van der Waals surface area (Å²) in [6.07, 6.45) is 1.25. The zero-order valence-corrected chi connectivity index (χ0v) is 13.1. The zero-order chi connectivity index (χ0) is 14.8. The van der Waals surface area contributed by atoms with E-state index in [1.807, 2.05) is 19.2 Å². The van der Waals surface area contributed by atoms with Crippen molar-refractivity contribution in [2.24, 2.45) is 11.3 Å². The van der Waals surface area contributed by atoms with E-state index in [1.165, 1.54) is 6.42 Å². The first kappa shape index (κ1) is 15.5. The van der Waals surface area contributed by atoms with Crippen LogP contribution in [0.3, 0.4) is 0 Å². The van der Waals surface area contributed by atoms with Gasteiger partial charge in [-0.25, -0.2) is 4.39 Å². The van der Waals surface area contributed by atoms with Crippen LogP contribution >= 0.6 is 0 Å². The van der Waals surface area contributed by atoms with E-state index in [1.54, 1.807) is 12.1 Å². The van der Waals surface area contributed by atoms with E-state index >= 15 is 0 Å². The third-order valence-electron chi connectivity index (χ3n) is 4.57. The van der Waals surface area contributed by atoms with Gasteiger partial charge in [-0.15, -0.1) is 0 Å². The summed E-state index contributed by atoms with van der Waals surface area (Å²) >= 11 is 0. The molecule has 0 aromatic heterocycles. The predicted octanol–water partition coefficient (Wildman–Crippen LogP) is 3.45. The molecular formula is C17H27FN2. The number of likely N-dealkylation sites (tertiary alicyclic amines) is 1. The molecular weight excluding hydrogens is 251 g/mol. The molecule has 0 amide bonds. The maximum Gasteiger partial charge on any atom is 0.128 e. The quantitative estimate of drug-likeness (QED) is 0.907. The van der Waals surface area contributed by atoms with Gasteiger partial charge in [-0.2, -0.15) is 0 Å². The van der Waals surface area contributed by atoms with Gasteiger partial charge in [0, 0.05) is 24.7 Å². The molecule has 1 aromatic rings. The fraction of sp³-hybridized carbons (Fsp3) is 0.647. The molecule has 0 saturated carbocycles. The Bertz CT molecular complexity index is 439. The molecule has 1 aliphatic rings. The third-order valence-corrected chi connectivity index (χ3v) is 4.57. The topological polar surface area (TPSA) is 15.3 Å². The maximum absolute atomic E-state index is 13.9. The molecule has 2 atom stereocenters. The molecule has 0 spiro atoms. The number of hydrogen-bond acceptors (Lipinski definition) is 2. The number of hydrogen-bond donors (Lipinski definition) is 1. The van der Waals surface area contributed by atoms with E-state index in [0.717, 1.165) is 31.1 Å². The molecule has 0 bridgehead atoms. The van der Waals surface area contributed by atoms with E-state index in [2.05, 4.69) is 31.0 Å². The average molecular weight is 278 g/mol. The van der Waals surface area contributed by atoms with Crippen LogP contribution in [0.4, 0.5) is 4.39 Å². The van der Waals surface area contributed by atoms with Crippen molar-refractivity contribution in [1.82, 2.24) is 10.2 Å². The summed E-state index contributed by atoms with van der Waals surface area (Å²) in [5.74, 6) is 0.624. The summed E-state index contributed by atoms with van der Waals surface area (Å²) in [5, 5.41) is 3.26. The summed E-state index contributed by atoms with van der Waals surface area (Å²) < 4.78 is 13.9. The lowest BCUT2D eigenvalue weighted by Crippen LogP contribution is -2.34. The second-order valence-electron chi connectivity index (χ2n) is 6.97. The number of likely N-dealkylation sites (N-methyl/N-ethyl adjacent to an activating group) is 1. The number of benzene rings is 1. The van der Waals surface area contributed by atoms with Gasteiger partial charge < -0.3 is 10.2 Å². The van der Waals surface area contributed by atoms with E-state index in [0.29, 0.717) is 5.41 Å². The fourth-order valence-electron chi connectivity index (χ4n) is 3.07. The van der Waals surface area contributed by atoms with Gasteiger partial charge >= 0.3 is 0 Å². The second kappa shape index (κ2) is 6.23. The number of nitrogens with zero attached hydrogens (tertiary/aromatic N) is 1. The molecule has 3 heteroatoms. The Morgan fingerprint density at radius 2 is 2.05 bits per heavy atom. The second-order valence-corrected chi connectivity index (χ2v) is 6.97. The van der Waals surface area contributed by atoms with Crippen LogP contribution in [0.2, 0.25) is 0 Å². The summed E-state index contributed by atoms with van der Waals surface area (Å²) in [4.78, 5) is 2.46. The third kappa shape index (κ3) is 3.58. The Balaban J connectivity index is 2.00. The highest BCUT2D eigenvalue weighted by molar-refractivity contribution is 5.21. The van der Waals surface area contributed by atoms with Crippen molar-refractivity contribution in [3.05, 3.63) is 35.6 Å². The minimum atomic E-state index is -0.113. The van der Waals surface area contributed by atoms with Crippen molar-refractivity contribution in [2.75, 3.05) is 26.7 Å². The number of nitrogens with one attached hydrogen (secondary N) is 1. The van der Waals surface area contributed by atoms with E-state index in [-0.39, 0.29) is 11.9 Å². The van der Waals surface area contributed by atoms with Gasteiger partial charge in [-0.05, 0) is 37.4 Å². The Labute approximate surface area is 122 Å². The van der Waals surface area contributed by atoms with Crippen LogP contribution in [0.25, 0.3) is 0 Å². The fourth-order valence-corrected chi connectivity index (χ4v) is 3.07. The first-order valence-electron chi connectivity index (χ1n) is 7.56. The lowest BCUT2D eigenvalue weighted by Gasteiger charge is -2.28. The lowest BCUT2D eigenvalue weighted by atomic mass is 9.80. The van der Waals surface area contributed by atoms with Crippen LogP contribution in [-0.2, 0) is 0 Å². The standard InChI is InChI=1S/C17H27FN2/c1-17(2,3)13-9-10-20(11-13)12-16(19-4)14-7-5-6-8-15(14)18/h5-8,13,16,19H,9-12H2,1-4H3. The molecule has 1 aliphatic heterocycles. The Hall–Kier alpha value is -0.930. The predicted molar refractivity (Wildman–Crippen MR) is 82.2 cm³/mol. The number of halogens is 1. The Morgan fingerprint density at radius 1 is 1.35 bits per heavy atom. The summed E-state index contributed by atoms with van der Waals surface area (Å²) in [5.41, 5.74) is 1.14. The van der Waals surface area contributed by atoms with Crippen molar-refractivity contribution in [1.29, 1.82) is 0 Å². The molecule has 1 fully saturated rings. The molecule has 20 heavy (non-hydrogen) atoms. The van der Waals surface area contributed by atoms with Crippen LogP contribution in [-0.4, -0.2) is 31.6 Å². The van der Waals surface area contributed by atoms with Crippen LogP contribution < -0.4 is 5.32 Å². The van der Waals surface area contributed by atoms with Gasteiger partial charge in [-0.1, -0.05) is 39.0 Å². The first-order chi connectivity index (χ1) is 9.41. The highest BCUT2D eigenvalue weighted by atomic mass is 19.1. The van der Waals surface area contributed by atoms with Gasteiger partial charge in [0.25, 0.3) is 0 Å². The zero-order valence-electron chi connectivity index (χ0n) is 13.1. The van der Waals surface area contributed by atoms with Crippen LogP contribution in [0.5, 0.6) is 0 Å². The molecule has 1 N–H and O–H groups in total. The van der Waals surface area contributed by atoms with Crippen molar-refractivity contribution in [2.45, 2.75) is 33.2 Å². The largest absolute Gasteiger partial charge is 0.312 e. The lowest BCUT2D eigenvalue weighted by molar-refractivity contribution is 0.220. The van der Waals surface area contributed by atoms with Crippen molar-refractivity contribution >= 4 is 0 Å². The molecule has 2 nitrogen and oxygen atoms in total. The molecule has 112 valence electrons. The van der Waals surface area contributed by atoms with Crippen LogP contribution in [0.1, 0.15) is 38.8 Å². The van der Waals surface area contributed by atoms with Gasteiger partial charge in [0.05, 0.1) is 0 Å². The van der Waals surface area contributed by atoms with Crippen molar-refractivity contribution in [3.8, 4) is 0 Å². The van der Waals surface area contributed by atoms with Crippen molar-refractivity contribution < 1.29 is 4.39 Å². The minimum absolute atomic E-state index is 0.0647. The molecule has 1 saturated heterocycles. The van der Waals surface area contributed by atoms with Crippen LogP contribution in [0.15, 0.2) is 24.3 Å². The Kier molecular flexibility index (Phi) is 4.82. The van der Waals surface area contributed by atoms with Gasteiger partial charge in [0.2, 0.25) is 0 Å². The molecule has 1 heterocycles. The summed E-state index contributed by atoms with van der Waals surface area (Å²) in [7, 11) is 1.91. The smallest absolute Gasteiger partial charge is 0.128 e. The first-order valence-corrected chi connectivity index (χ1v) is 7.56. The van der Waals surface area contributed by atoms with Gasteiger partial charge in [0.15, 0.2) is 0 Å². The molecule has 2 rings (SSSR count). The highest BCUT2D eigenvalue weighted by Gasteiger charge is 2.32. The van der Waals surface area contributed by atoms with E-state index in [4.69, 9.17) is 0 Å². The normalized spacial score (nSPS) is 22.1. The monoisotopic (exact) mass is 278 g/mol. The van der Waals surface area contributed by atoms with E-state index in [9.17, 15) is 4.39 Å². The number of rotatable bonds is 4. The van der Waals surface area contributed by atoms with Gasteiger partial charge in [-0.3, -0.25) is 0 Å². The minimum Gasteiger partial charge on any atom is -0.312 e. The average Bonchev–Trinajstić information content (AvgIpc) is 2.85. The van der Waals surface area contributed by atoms with Gasteiger partial charge in [0.1, 0.15) is 5.82 Å². The molecule has 0 aliphatic carbocycles. The molecule has 1 aromatic carbocycles.